The second-order valence-corrected chi connectivity index (χ2v) is 7.62. The number of morpholine rings is 1. The maximum atomic E-state index is 12.5. The van der Waals surface area contributed by atoms with Crippen LogP contribution in [0, 0.1) is 6.92 Å². The predicted molar refractivity (Wildman–Crippen MR) is 69.9 cm³/mol. The van der Waals surface area contributed by atoms with Crippen LogP contribution in [0.5, 0.6) is 0 Å². The van der Waals surface area contributed by atoms with E-state index in [1.807, 2.05) is 0 Å². The topological polar surface area (TPSA) is 99.7 Å². The van der Waals surface area contributed by atoms with Crippen LogP contribution in [0.2, 0.25) is 0 Å². The lowest BCUT2D eigenvalue weighted by Gasteiger charge is -2.34. The molecule has 0 aliphatic carbocycles. The van der Waals surface area contributed by atoms with E-state index >= 15 is 0 Å². The van der Waals surface area contributed by atoms with Crippen LogP contribution < -0.4 is 4.87 Å². The van der Waals surface area contributed by atoms with Gasteiger partial charge in [0.25, 0.3) is 10.0 Å². The molecule has 19 heavy (non-hydrogen) atoms. The van der Waals surface area contributed by atoms with Gasteiger partial charge >= 0.3 is 4.87 Å². The Morgan fingerprint density at radius 2 is 2.21 bits per heavy atom. The zero-order valence-corrected chi connectivity index (χ0v) is 12.3. The molecule has 1 saturated heterocycles. The summed E-state index contributed by atoms with van der Waals surface area (Å²) in [4.78, 5) is 13.3. The number of nitrogens with zero attached hydrogens (tertiary/aromatic N) is 1. The molecular formula is C10H16N2O5S2. The standard InChI is InChI=1S/C10H16N2O5S2/c1-6-3-12(4-8(5-13)17-6)19(15,16)9-7(2)11-10(14)18-9/h6,8,13H,3-5H2,1-2H3,(H,11,14). The molecule has 1 aliphatic heterocycles. The van der Waals surface area contributed by atoms with Gasteiger partial charge in [0.2, 0.25) is 0 Å². The number of aromatic amines is 1. The van der Waals surface area contributed by atoms with Gasteiger partial charge < -0.3 is 14.8 Å². The molecule has 1 fully saturated rings. The summed E-state index contributed by atoms with van der Waals surface area (Å²) in [5.41, 5.74) is 0.342. The van der Waals surface area contributed by atoms with Crippen molar-refractivity contribution in [2.45, 2.75) is 30.3 Å². The number of aliphatic hydroxyl groups excluding tert-OH is 1. The molecule has 0 amide bonds. The lowest BCUT2D eigenvalue weighted by atomic mass is 10.2. The highest BCUT2D eigenvalue weighted by Gasteiger charge is 2.35. The van der Waals surface area contributed by atoms with Gasteiger partial charge in [0.1, 0.15) is 0 Å². The van der Waals surface area contributed by atoms with Gasteiger partial charge in [-0.25, -0.2) is 8.42 Å². The minimum atomic E-state index is -3.72. The number of sulfonamides is 1. The summed E-state index contributed by atoms with van der Waals surface area (Å²) in [6.07, 6.45) is -0.828. The molecule has 108 valence electrons. The number of aromatic nitrogens is 1. The summed E-state index contributed by atoms with van der Waals surface area (Å²) < 4.78 is 31.6. The van der Waals surface area contributed by atoms with Crippen LogP contribution in [0.3, 0.4) is 0 Å². The second-order valence-electron chi connectivity index (χ2n) is 4.50. The van der Waals surface area contributed by atoms with Crippen molar-refractivity contribution in [1.82, 2.24) is 9.29 Å². The first-order valence-electron chi connectivity index (χ1n) is 5.80. The summed E-state index contributed by atoms with van der Waals surface area (Å²) in [5.74, 6) is 0. The van der Waals surface area contributed by atoms with Gasteiger partial charge in [0.15, 0.2) is 4.21 Å². The molecule has 0 spiro atoms. The normalized spacial score (nSPS) is 25.6. The van der Waals surface area contributed by atoms with Gasteiger partial charge in [-0.1, -0.05) is 11.3 Å². The van der Waals surface area contributed by atoms with E-state index in [1.54, 1.807) is 13.8 Å². The van der Waals surface area contributed by atoms with Crippen molar-refractivity contribution < 1.29 is 18.3 Å². The molecular weight excluding hydrogens is 292 g/mol. The largest absolute Gasteiger partial charge is 0.394 e. The van der Waals surface area contributed by atoms with Crippen LogP contribution >= 0.6 is 11.3 Å². The summed E-state index contributed by atoms with van der Waals surface area (Å²) in [6.45, 7) is 3.37. The molecule has 2 unspecified atom stereocenters. The van der Waals surface area contributed by atoms with E-state index in [0.29, 0.717) is 17.0 Å². The number of nitrogens with one attached hydrogen (secondary N) is 1. The maximum Gasteiger partial charge on any atom is 0.305 e. The third kappa shape index (κ3) is 2.90. The van der Waals surface area contributed by atoms with Crippen molar-refractivity contribution in [3.8, 4) is 0 Å². The minimum Gasteiger partial charge on any atom is -0.394 e. The summed E-state index contributed by atoms with van der Waals surface area (Å²) >= 11 is 0.681. The lowest BCUT2D eigenvalue weighted by molar-refractivity contribution is -0.0750. The van der Waals surface area contributed by atoms with Crippen molar-refractivity contribution >= 4 is 21.4 Å². The van der Waals surface area contributed by atoms with Crippen LogP contribution in [-0.2, 0) is 14.8 Å². The van der Waals surface area contributed by atoms with E-state index in [0.717, 1.165) is 0 Å². The number of aryl methyl sites for hydroxylation is 1. The van der Waals surface area contributed by atoms with E-state index < -0.39 is 21.0 Å². The number of aliphatic hydroxyl groups is 1. The second kappa shape index (κ2) is 5.33. The highest BCUT2D eigenvalue weighted by Crippen LogP contribution is 2.24. The fourth-order valence-electron chi connectivity index (χ4n) is 2.05. The van der Waals surface area contributed by atoms with E-state index in [9.17, 15) is 13.2 Å². The minimum absolute atomic E-state index is 0.0308. The third-order valence-electron chi connectivity index (χ3n) is 2.85. The first-order valence-corrected chi connectivity index (χ1v) is 8.06. The van der Waals surface area contributed by atoms with Crippen LogP contribution in [0.4, 0.5) is 0 Å². The Morgan fingerprint density at radius 3 is 2.74 bits per heavy atom. The van der Waals surface area contributed by atoms with E-state index in [4.69, 9.17) is 9.84 Å². The molecule has 2 N–H and O–H groups in total. The molecule has 2 atom stereocenters. The average molecular weight is 308 g/mol. The highest BCUT2D eigenvalue weighted by atomic mass is 32.2. The number of hydrogen-bond acceptors (Lipinski definition) is 6. The van der Waals surface area contributed by atoms with Crippen molar-refractivity contribution in [2.75, 3.05) is 19.7 Å². The molecule has 0 bridgehead atoms. The third-order valence-corrected chi connectivity index (χ3v) is 6.27. The first-order chi connectivity index (χ1) is 8.84. The Kier molecular flexibility index (Phi) is 4.11. The number of ether oxygens (including phenoxy) is 1. The van der Waals surface area contributed by atoms with Crippen LogP contribution in [0.15, 0.2) is 9.00 Å². The van der Waals surface area contributed by atoms with Gasteiger partial charge in [0, 0.05) is 18.8 Å². The summed E-state index contributed by atoms with van der Waals surface area (Å²) in [6, 6.07) is 0. The van der Waals surface area contributed by atoms with Crippen LogP contribution in [0.25, 0.3) is 0 Å². The fraction of sp³-hybridized carbons (Fsp3) is 0.700. The Morgan fingerprint density at radius 1 is 1.53 bits per heavy atom. The Labute approximate surface area is 114 Å². The zero-order chi connectivity index (χ0) is 14.2. The summed E-state index contributed by atoms with van der Waals surface area (Å²) in [7, 11) is -3.72. The van der Waals surface area contributed by atoms with Crippen molar-refractivity contribution in [3.05, 3.63) is 15.4 Å². The zero-order valence-electron chi connectivity index (χ0n) is 10.6. The van der Waals surface area contributed by atoms with E-state index in [2.05, 4.69) is 4.98 Å². The molecule has 1 aromatic heterocycles. The number of thiazole rings is 1. The smallest absolute Gasteiger partial charge is 0.305 e. The van der Waals surface area contributed by atoms with Crippen molar-refractivity contribution in [2.24, 2.45) is 0 Å². The predicted octanol–water partition coefficient (Wildman–Crippen LogP) is -0.485. The number of rotatable bonds is 3. The van der Waals surface area contributed by atoms with Crippen LogP contribution in [-0.4, -0.2) is 54.7 Å². The fourth-order valence-corrected chi connectivity index (χ4v) is 5.04. The molecule has 0 saturated carbocycles. The molecule has 2 rings (SSSR count). The summed E-state index contributed by atoms with van der Waals surface area (Å²) in [5, 5.41) is 9.12. The Balaban J connectivity index is 2.34. The van der Waals surface area contributed by atoms with Gasteiger partial charge in [-0.3, -0.25) is 4.79 Å². The first kappa shape index (κ1) is 14.7. The number of H-pyrrole nitrogens is 1. The molecule has 7 nitrogen and oxygen atoms in total. The molecule has 9 heteroatoms. The van der Waals surface area contributed by atoms with E-state index in [1.165, 1.54) is 4.31 Å². The van der Waals surface area contributed by atoms with Crippen molar-refractivity contribution in [3.63, 3.8) is 0 Å². The SMILES string of the molecule is Cc1[nH]c(=O)sc1S(=O)(=O)N1CC(C)OC(CO)C1. The van der Waals surface area contributed by atoms with Crippen LogP contribution in [0.1, 0.15) is 12.6 Å². The van der Waals surface area contributed by atoms with Gasteiger partial charge in [-0.15, -0.1) is 0 Å². The highest BCUT2D eigenvalue weighted by molar-refractivity contribution is 7.91. The maximum absolute atomic E-state index is 12.5. The molecule has 1 aromatic rings. The van der Waals surface area contributed by atoms with Gasteiger partial charge in [-0.05, 0) is 13.8 Å². The average Bonchev–Trinajstić information content (AvgIpc) is 2.68. The van der Waals surface area contributed by atoms with Crippen molar-refractivity contribution in [1.29, 1.82) is 0 Å². The number of hydrogen-bond donors (Lipinski definition) is 2. The molecule has 1 aliphatic rings. The lowest BCUT2D eigenvalue weighted by Crippen LogP contribution is -2.50. The van der Waals surface area contributed by atoms with Gasteiger partial charge in [0.05, 0.1) is 18.8 Å². The molecule has 2 heterocycles. The Bertz CT molecular complexity index is 606. The van der Waals surface area contributed by atoms with E-state index in [-0.39, 0.29) is 30.0 Å². The monoisotopic (exact) mass is 308 g/mol. The van der Waals surface area contributed by atoms with Gasteiger partial charge in [-0.2, -0.15) is 4.31 Å². The quantitative estimate of drug-likeness (QED) is 0.785. The molecule has 0 radical (unpaired) electrons. The molecule has 0 aromatic carbocycles. The Hall–Kier alpha value is -0.740.